The maximum atomic E-state index is 12.8. The lowest BCUT2D eigenvalue weighted by Gasteiger charge is -2.02. The van der Waals surface area contributed by atoms with E-state index >= 15 is 0 Å². The number of esters is 1. The molecule has 0 saturated heterocycles. The molecule has 0 aliphatic heterocycles. The monoisotopic (exact) mass is 275 g/mol. The molecule has 0 saturated carbocycles. The van der Waals surface area contributed by atoms with E-state index in [9.17, 15) is 14.0 Å². The Morgan fingerprint density at radius 2 is 2.27 bits per heavy atom. The van der Waals surface area contributed by atoms with Crippen LogP contribution in [-0.4, -0.2) is 23.3 Å². The van der Waals surface area contributed by atoms with Gasteiger partial charge in [-0.15, -0.1) is 0 Å². The molecule has 80 valence electrons. The normalized spacial score (nSPS) is 9.80. The van der Waals surface area contributed by atoms with E-state index in [1.165, 1.54) is 0 Å². The zero-order chi connectivity index (χ0) is 11.4. The Labute approximate surface area is 93.6 Å². The Kier molecular flexibility index (Phi) is 3.90. The largest absolute Gasteiger partial charge is 0.460 e. The van der Waals surface area contributed by atoms with Crippen LogP contribution in [0.3, 0.4) is 0 Å². The Hall–Kier alpha value is -1.30. The number of nitrogens with zero attached hydrogens (tertiary/aromatic N) is 1. The van der Waals surface area contributed by atoms with Crippen LogP contribution in [0, 0.1) is 5.82 Å². The van der Waals surface area contributed by atoms with Gasteiger partial charge in [-0.05, 0) is 28.9 Å². The summed E-state index contributed by atoms with van der Waals surface area (Å²) >= 11 is 2.94. The highest BCUT2D eigenvalue weighted by atomic mass is 79.9. The van der Waals surface area contributed by atoms with Crippen LogP contribution >= 0.6 is 15.9 Å². The van der Waals surface area contributed by atoms with Crippen molar-refractivity contribution in [1.82, 2.24) is 4.98 Å². The van der Waals surface area contributed by atoms with Gasteiger partial charge in [0.1, 0.15) is 10.4 Å². The van der Waals surface area contributed by atoms with Crippen molar-refractivity contribution in [3.8, 4) is 0 Å². The molecule has 0 radical (unpaired) electrons. The molecule has 0 aromatic carbocycles. The Bertz CT molecular complexity index is 408. The summed E-state index contributed by atoms with van der Waals surface area (Å²) < 4.78 is 17.4. The molecule has 6 heteroatoms. The number of Topliss-reactive ketones (excluding diaryl/α,β-unsaturated/α-hetero) is 1. The molecule has 1 aromatic rings. The highest BCUT2D eigenvalue weighted by molar-refractivity contribution is 9.10. The van der Waals surface area contributed by atoms with Crippen molar-refractivity contribution in [3.05, 3.63) is 28.2 Å². The fraction of sp³-hybridized carbons (Fsp3) is 0.222. The summed E-state index contributed by atoms with van der Waals surface area (Å²) in [6.45, 7) is 1.66. The van der Waals surface area contributed by atoms with Crippen LogP contribution in [0.1, 0.15) is 17.3 Å². The smallest absolute Gasteiger partial charge is 0.379 e. The summed E-state index contributed by atoms with van der Waals surface area (Å²) in [7, 11) is 0. The van der Waals surface area contributed by atoms with E-state index in [0.29, 0.717) is 0 Å². The minimum atomic E-state index is -1.02. The number of hydrogen-bond donors (Lipinski definition) is 0. The molecule has 0 bridgehead atoms. The van der Waals surface area contributed by atoms with Crippen LogP contribution in [0.4, 0.5) is 4.39 Å². The zero-order valence-corrected chi connectivity index (χ0v) is 9.38. The van der Waals surface area contributed by atoms with Crippen LogP contribution in [-0.2, 0) is 9.53 Å². The fourth-order valence-electron chi connectivity index (χ4n) is 0.888. The average Bonchev–Trinajstić information content (AvgIpc) is 2.21. The van der Waals surface area contributed by atoms with Gasteiger partial charge in [0.15, 0.2) is 0 Å². The molecule has 0 atom stereocenters. The number of aromatic nitrogens is 1. The first kappa shape index (κ1) is 11.8. The first-order valence-corrected chi connectivity index (χ1v) is 4.88. The molecule has 1 rings (SSSR count). The van der Waals surface area contributed by atoms with Crippen LogP contribution < -0.4 is 0 Å². The van der Waals surface area contributed by atoms with E-state index in [0.717, 1.165) is 12.3 Å². The Balaban J connectivity index is 3.00. The van der Waals surface area contributed by atoms with Crippen molar-refractivity contribution in [3.63, 3.8) is 0 Å². The van der Waals surface area contributed by atoms with E-state index in [1.54, 1.807) is 6.92 Å². The number of ketones is 1. The van der Waals surface area contributed by atoms with Crippen molar-refractivity contribution < 1.29 is 18.7 Å². The van der Waals surface area contributed by atoms with Gasteiger partial charge < -0.3 is 4.74 Å². The first-order chi connectivity index (χ1) is 7.06. The Morgan fingerprint density at radius 3 is 2.87 bits per heavy atom. The van der Waals surface area contributed by atoms with Crippen LogP contribution in [0.25, 0.3) is 0 Å². The molecule has 0 fully saturated rings. The van der Waals surface area contributed by atoms with Gasteiger partial charge in [0.2, 0.25) is 0 Å². The zero-order valence-electron chi connectivity index (χ0n) is 7.79. The summed E-state index contributed by atoms with van der Waals surface area (Å²) in [5.74, 6) is -2.63. The van der Waals surface area contributed by atoms with E-state index in [4.69, 9.17) is 0 Å². The third-order valence-electron chi connectivity index (χ3n) is 1.51. The lowest BCUT2D eigenvalue weighted by Crippen LogP contribution is -2.18. The lowest BCUT2D eigenvalue weighted by molar-refractivity contribution is -0.137. The molecule has 0 aliphatic rings. The fourth-order valence-corrected chi connectivity index (χ4v) is 1.29. The SMILES string of the molecule is CCOC(=O)C(=O)c1cc(F)cnc1Br. The second kappa shape index (κ2) is 4.97. The molecular formula is C9H7BrFNO3. The van der Waals surface area contributed by atoms with Crippen molar-refractivity contribution in [2.45, 2.75) is 6.92 Å². The van der Waals surface area contributed by atoms with E-state index in [1.807, 2.05) is 0 Å². The van der Waals surface area contributed by atoms with Gasteiger partial charge in [0, 0.05) is 0 Å². The van der Waals surface area contributed by atoms with Crippen LogP contribution in [0.5, 0.6) is 0 Å². The van der Waals surface area contributed by atoms with Gasteiger partial charge in [-0.25, -0.2) is 14.2 Å². The number of pyridine rings is 1. The molecule has 0 N–H and O–H groups in total. The van der Waals surface area contributed by atoms with Crippen molar-refractivity contribution >= 4 is 27.7 Å². The number of rotatable bonds is 3. The van der Waals surface area contributed by atoms with Gasteiger partial charge in [-0.1, -0.05) is 0 Å². The molecule has 0 aliphatic carbocycles. The van der Waals surface area contributed by atoms with Crippen molar-refractivity contribution in [2.75, 3.05) is 6.61 Å². The number of carbonyl (C=O) groups excluding carboxylic acids is 2. The van der Waals surface area contributed by atoms with Gasteiger partial charge in [0.25, 0.3) is 5.78 Å². The van der Waals surface area contributed by atoms with Gasteiger partial charge in [0.05, 0.1) is 18.4 Å². The third-order valence-corrected chi connectivity index (χ3v) is 2.14. The summed E-state index contributed by atoms with van der Waals surface area (Å²) in [5, 5.41) is 0. The second-order valence-electron chi connectivity index (χ2n) is 2.54. The van der Waals surface area contributed by atoms with Crippen molar-refractivity contribution in [1.29, 1.82) is 0 Å². The summed E-state index contributed by atoms with van der Waals surface area (Å²) in [6.07, 6.45) is 0.937. The summed E-state index contributed by atoms with van der Waals surface area (Å²) in [6, 6.07) is 0.927. The molecular weight excluding hydrogens is 269 g/mol. The minimum Gasteiger partial charge on any atom is -0.460 e. The topological polar surface area (TPSA) is 56.3 Å². The highest BCUT2D eigenvalue weighted by Gasteiger charge is 2.21. The molecule has 0 amide bonds. The minimum absolute atomic E-state index is 0.0882. The maximum absolute atomic E-state index is 12.8. The number of carbonyl (C=O) groups is 2. The molecule has 1 heterocycles. The van der Waals surface area contributed by atoms with E-state index in [2.05, 4.69) is 25.7 Å². The van der Waals surface area contributed by atoms with Crippen molar-refractivity contribution in [2.24, 2.45) is 0 Å². The Morgan fingerprint density at radius 1 is 1.60 bits per heavy atom. The lowest BCUT2D eigenvalue weighted by atomic mass is 10.2. The maximum Gasteiger partial charge on any atom is 0.379 e. The van der Waals surface area contributed by atoms with Gasteiger partial charge >= 0.3 is 5.97 Å². The predicted octanol–water partition coefficient (Wildman–Crippen LogP) is 1.73. The number of halogens is 2. The van der Waals surface area contributed by atoms with Crippen LogP contribution in [0.2, 0.25) is 0 Å². The molecule has 0 spiro atoms. The molecule has 0 unspecified atom stereocenters. The number of hydrogen-bond acceptors (Lipinski definition) is 4. The van der Waals surface area contributed by atoms with Crippen LogP contribution in [0.15, 0.2) is 16.9 Å². The highest BCUT2D eigenvalue weighted by Crippen LogP contribution is 2.15. The molecule has 1 aromatic heterocycles. The van der Waals surface area contributed by atoms with Gasteiger partial charge in [-0.2, -0.15) is 0 Å². The molecule has 15 heavy (non-hydrogen) atoms. The predicted molar refractivity (Wildman–Crippen MR) is 52.9 cm³/mol. The first-order valence-electron chi connectivity index (χ1n) is 4.08. The molecule has 4 nitrogen and oxygen atoms in total. The third kappa shape index (κ3) is 2.82. The van der Waals surface area contributed by atoms with E-state index < -0.39 is 17.6 Å². The number of ether oxygens (including phenoxy) is 1. The standard InChI is InChI=1S/C9H7BrFNO3/c1-2-15-9(14)7(13)6-3-5(11)4-12-8(6)10/h3-4H,2H2,1H3. The average molecular weight is 276 g/mol. The van der Waals surface area contributed by atoms with Gasteiger partial charge in [-0.3, -0.25) is 4.79 Å². The second-order valence-corrected chi connectivity index (χ2v) is 3.29. The quantitative estimate of drug-likeness (QED) is 0.365. The van der Waals surface area contributed by atoms with E-state index in [-0.39, 0.29) is 16.8 Å². The summed E-state index contributed by atoms with van der Waals surface area (Å²) in [4.78, 5) is 26.0. The summed E-state index contributed by atoms with van der Waals surface area (Å²) in [5.41, 5.74) is -0.145.